The molecule has 1 aromatic carbocycles. The Morgan fingerprint density at radius 1 is 1.27 bits per heavy atom. The van der Waals surface area contributed by atoms with E-state index in [9.17, 15) is 8.78 Å². The number of aromatic nitrogens is 2. The first-order valence-corrected chi connectivity index (χ1v) is 4.51. The molecule has 0 amide bonds. The number of nitrogens with zero attached hydrogens (tertiary/aromatic N) is 2. The van der Waals surface area contributed by atoms with E-state index in [0.29, 0.717) is 10.8 Å². The van der Waals surface area contributed by atoms with E-state index >= 15 is 0 Å². The third-order valence-electron chi connectivity index (χ3n) is 1.96. The van der Waals surface area contributed by atoms with Gasteiger partial charge in [0, 0.05) is 24.5 Å². The maximum Gasteiger partial charge on any atom is 0.169 e. The summed E-state index contributed by atoms with van der Waals surface area (Å²) in [6.07, 6.45) is 3.03. The van der Waals surface area contributed by atoms with Gasteiger partial charge in [0.25, 0.3) is 0 Å². The van der Waals surface area contributed by atoms with Crippen molar-refractivity contribution in [2.45, 2.75) is 5.16 Å². The van der Waals surface area contributed by atoms with Crippen LogP contribution in [0.2, 0.25) is 0 Å². The number of imidazole rings is 1. The summed E-state index contributed by atoms with van der Waals surface area (Å²) in [4.78, 5) is 3.83. The minimum Gasteiger partial charge on any atom is -0.394 e. The van der Waals surface area contributed by atoms with Crippen molar-refractivity contribution in [2.75, 3.05) is 5.73 Å². The number of nitrogens with two attached hydrogens (primary N) is 1. The zero-order chi connectivity index (χ0) is 11.0. The van der Waals surface area contributed by atoms with E-state index in [-0.39, 0.29) is 0 Å². The van der Waals surface area contributed by atoms with Gasteiger partial charge >= 0.3 is 0 Å². The summed E-state index contributed by atoms with van der Waals surface area (Å²) in [5.74, 6) is -1.60. The van der Waals surface area contributed by atoms with Crippen LogP contribution in [0.5, 0.6) is 0 Å². The number of rotatable bonds is 1. The van der Waals surface area contributed by atoms with Crippen LogP contribution in [0.4, 0.5) is 14.5 Å². The first-order chi connectivity index (χ1) is 7.09. The average Bonchev–Trinajstić information content (AvgIpc) is 2.60. The Hall–Kier alpha value is -1.56. The normalized spacial score (nSPS) is 10.6. The molecule has 0 unspecified atom stereocenters. The fourth-order valence-electron chi connectivity index (χ4n) is 1.21. The fourth-order valence-corrected chi connectivity index (χ4v) is 1.46. The molecule has 0 aliphatic heterocycles. The molecule has 1 aromatic heterocycles. The predicted molar refractivity (Wildman–Crippen MR) is 55.1 cm³/mol. The molecule has 2 N–H and O–H groups in total. The summed E-state index contributed by atoms with van der Waals surface area (Å²) in [7, 11) is 0. The van der Waals surface area contributed by atoms with Crippen molar-refractivity contribution in [3.05, 3.63) is 36.2 Å². The number of nitrogen functional groups attached to an aromatic ring is 1. The smallest absolute Gasteiger partial charge is 0.169 e. The molecule has 3 nitrogen and oxygen atoms in total. The van der Waals surface area contributed by atoms with Crippen molar-refractivity contribution in [2.24, 2.45) is 0 Å². The lowest BCUT2D eigenvalue weighted by Gasteiger charge is -2.06. The largest absolute Gasteiger partial charge is 0.394 e. The van der Waals surface area contributed by atoms with E-state index in [1.165, 1.54) is 10.8 Å². The summed E-state index contributed by atoms with van der Waals surface area (Å²) in [5.41, 5.74) is 4.95. The summed E-state index contributed by atoms with van der Waals surface area (Å²) in [6.45, 7) is 0. The molecule has 2 rings (SSSR count). The number of hydrogen-bond donors (Lipinski definition) is 2. The lowest BCUT2D eigenvalue weighted by Crippen LogP contribution is -2.00. The molecule has 0 atom stereocenters. The van der Waals surface area contributed by atoms with Crippen molar-refractivity contribution in [3.63, 3.8) is 0 Å². The van der Waals surface area contributed by atoms with Gasteiger partial charge in [-0.25, -0.2) is 13.8 Å². The van der Waals surface area contributed by atoms with Gasteiger partial charge in [0.1, 0.15) is 5.69 Å². The fraction of sp³-hybridized carbons (Fsp3) is 0. The highest BCUT2D eigenvalue weighted by Crippen LogP contribution is 2.21. The van der Waals surface area contributed by atoms with Crippen LogP contribution in [0, 0.1) is 11.6 Å². The van der Waals surface area contributed by atoms with Gasteiger partial charge in [-0.05, 0) is 0 Å². The van der Waals surface area contributed by atoms with Crippen LogP contribution < -0.4 is 5.73 Å². The third-order valence-corrected chi connectivity index (χ3v) is 2.29. The van der Waals surface area contributed by atoms with E-state index < -0.39 is 17.3 Å². The Morgan fingerprint density at radius 3 is 2.33 bits per heavy atom. The summed E-state index contributed by atoms with van der Waals surface area (Å²) in [6, 6.07) is 2.25. The Labute approximate surface area is 90.0 Å². The van der Waals surface area contributed by atoms with E-state index in [1.807, 2.05) is 0 Å². The summed E-state index contributed by atoms with van der Waals surface area (Å²) in [5, 5.41) is 0.346. The van der Waals surface area contributed by atoms with E-state index in [2.05, 4.69) is 17.6 Å². The molecule has 15 heavy (non-hydrogen) atoms. The van der Waals surface area contributed by atoms with Crippen molar-refractivity contribution < 1.29 is 8.78 Å². The van der Waals surface area contributed by atoms with Crippen LogP contribution in [0.1, 0.15) is 0 Å². The SMILES string of the molecule is Nc1c(F)cc(-n2ccnc2S)cc1F. The van der Waals surface area contributed by atoms with Gasteiger partial charge in [-0.1, -0.05) is 0 Å². The number of benzene rings is 1. The topological polar surface area (TPSA) is 43.8 Å². The molecule has 6 heteroatoms. The maximum absolute atomic E-state index is 13.1. The van der Waals surface area contributed by atoms with Crippen LogP contribution in [0.15, 0.2) is 29.7 Å². The molecular weight excluding hydrogens is 220 g/mol. The molecule has 1 heterocycles. The lowest BCUT2D eigenvalue weighted by atomic mass is 10.2. The Balaban J connectivity index is 2.60. The average molecular weight is 227 g/mol. The number of hydrogen-bond acceptors (Lipinski definition) is 3. The highest BCUT2D eigenvalue weighted by molar-refractivity contribution is 7.80. The zero-order valence-electron chi connectivity index (χ0n) is 7.48. The van der Waals surface area contributed by atoms with Gasteiger partial charge in [-0.3, -0.25) is 4.57 Å². The molecule has 0 aliphatic rings. The monoisotopic (exact) mass is 227 g/mol. The highest BCUT2D eigenvalue weighted by Gasteiger charge is 2.09. The highest BCUT2D eigenvalue weighted by atomic mass is 32.1. The molecule has 78 valence electrons. The molecular formula is C9H7F2N3S. The van der Waals surface area contributed by atoms with Crippen molar-refractivity contribution >= 4 is 18.3 Å². The number of halogens is 2. The molecule has 0 saturated carbocycles. The van der Waals surface area contributed by atoms with E-state index in [1.54, 1.807) is 6.20 Å². The molecule has 0 fully saturated rings. The third kappa shape index (κ3) is 1.68. The van der Waals surface area contributed by atoms with Gasteiger partial charge < -0.3 is 5.73 Å². The van der Waals surface area contributed by atoms with Crippen LogP contribution in [-0.2, 0) is 0 Å². The molecule has 0 radical (unpaired) electrons. The minimum absolute atomic E-state index is 0.293. The first-order valence-electron chi connectivity index (χ1n) is 4.07. The molecule has 0 saturated heterocycles. The van der Waals surface area contributed by atoms with Gasteiger partial charge in [0.15, 0.2) is 16.8 Å². The number of anilines is 1. The van der Waals surface area contributed by atoms with E-state index in [4.69, 9.17) is 5.73 Å². The van der Waals surface area contributed by atoms with Crippen LogP contribution >= 0.6 is 12.6 Å². The second-order valence-electron chi connectivity index (χ2n) is 2.92. The Morgan fingerprint density at radius 2 is 1.87 bits per heavy atom. The van der Waals surface area contributed by atoms with Gasteiger partial charge in [-0.15, -0.1) is 12.6 Å². The Kier molecular flexibility index (Phi) is 2.36. The molecule has 0 aliphatic carbocycles. The van der Waals surface area contributed by atoms with Crippen LogP contribution in [0.25, 0.3) is 5.69 Å². The Bertz CT molecular complexity index is 487. The summed E-state index contributed by atoms with van der Waals surface area (Å²) < 4.78 is 27.7. The molecule has 2 aromatic rings. The van der Waals surface area contributed by atoms with Gasteiger partial charge in [0.2, 0.25) is 0 Å². The first kappa shape index (κ1) is 9.97. The van der Waals surface area contributed by atoms with Crippen LogP contribution in [-0.4, -0.2) is 9.55 Å². The summed E-state index contributed by atoms with van der Waals surface area (Å²) >= 11 is 4.03. The van der Waals surface area contributed by atoms with Gasteiger partial charge in [-0.2, -0.15) is 0 Å². The van der Waals surface area contributed by atoms with Crippen molar-refractivity contribution in [1.82, 2.24) is 9.55 Å². The predicted octanol–water partition coefficient (Wildman–Crippen LogP) is 2.02. The standard InChI is InChI=1S/C9H7F2N3S/c10-6-3-5(4-7(11)8(6)12)14-2-1-13-9(14)15/h1-4H,12H2,(H,13,15). The van der Waals surface area contributed by atoms with Crippen molar-refractivity contribution in [1.29, 1.82) is 0 Å². The second-order valence-corrected chi connectivity index (χ2v) is 3.32. The minimum atomic E-state index is -0.800. The zero-order valence-corrected chi connectivity index (χ0v) is 8.38. The van der Waals surface area contributed by atoms with E-state index in [0.717, 1.165) is 12.1 Å². The second kappa shape index (κ2) is 3.54. The van der Waals surface area contributed by atoms with Crippen LogP contribution in [0.3, 0.4) is 0 Å². The maximum atomic E-state index is 13.1. The molecule has 0 bridgehead atoms. The molecule has 0 spiro atoms. The number of thiol groups is 1. The van der Waals surface area contributed by atoms with Crippen molar-refractivity contribution in [3.8, 4) is 5.69 Å². The van der Waals surface area contributed by atoms with Gasteiger partial charge in [0.05, 0.1) is 5.69 Å². The lowest BCUT2D eigenvalue weighted by molar-refractivity contribution is 0.589. The quantitative estimate of drug-likeness (QED) is 0.578.